The number of piperidine rings is 1. The van der Waals surface area contributed by atoms with E-state index in [1.807, 2.05) is 6.07 Å². The molecule has 1 aromatic heterocycles. The van der Waals surface area contributed by atoms with Crippen LogP contribution in [0.1, 0.15) is 42.9 Å². The predicted octanol–water partition coefficient (Wildman–Crippen LogP) is 3.51. The van der Waals surface area contributed by atoms with E-state index in [0.717, 1.165) is 43.4 Å². The Balaban J connectivity index is 1.35. The van der Waals surface area contributed by atoms with Crippen molar-refractivity contribution >= 4 is 5.82 Å². The van der Waals surface area contributed by atoms with E-state index in [2.05, 4.69) is 45.0 Å². The summed E-state index contributed by atoms with van der Waals surface area (Å²) in [5.74, 6) is 3.34. The van der Waals surface area contributed by atoms with Crippen molar-refractivity contribution in [1.29, 1.82) is 0 Å². The van der Waals surface area contributed by atoms with Crippen LogP contribution in [0, 0.1) is 0 Å². The molecule has 2 aliphatic rings. The number of likely N-dealkylation sites (N-methyl/N-ethyl adjacent to an activating group) is 1. The Kier molecular flexibility index (Phi) is 6.19. The summed E-state index contributed by atoms with van der Waals surface area (Å²) >= 11 is 0. The number of methoxy groups -OCH3 is 2. The summed E-state index contributed by atoms with van der Waals surface area (Å²) < 4.78 is 10.8. The monoisotopic (exact) mass is 396 g/mol. The highest BCUT2D eigenvalue weighted by molar-refractivity contribution is 5.43. The third kappa shape index (κ3) is 4.81. The summed E-state index contributed by atoms with van der Waals surface area (Å²) in [5.41, 5.74) is 2.49. The lowest BCUT2D eigenvalue weighted by molar-refractivity contribution is 0.217. The van der Waals surface area contributed by atoms with Crippen LogP contribution < -0.4 is 14.4 Å². The van der Waals surface area contributed by atoms with Crippen molar-refractivity contribution in [1.82, 2.24) is 14.9 Å². The zero-order valence-electron chi connectivity index (χ0n) is 17.8. The molecule has 1 saturated carbocycles. The van der Waals surface area contributed by atoms with Crippen molar-refractivity contribution in [3.05, 3.63) is 41.9 Å². The molecule has 0 N–H and O–H groups in total. The molecule has 0 bridgehead atoms. The Hall–Kier alpha value is -2.34. The van der Waals surface area contributed by atoms with Crippen LogP contribution in [0.15, 0.2) is 30.6 Å². The predicted molar refractivity (Wildman–Crippen MR) is 115 cm³/mol. The van der Waals surface area contributed by atoms with Crippen LogP contribution in [0.2, 0.25) is 0 Å². The van der Waals surface area contributed by atoms with E-state index in [9.17, 15) is 0 Å². The van der Waals surface area contributed by atoms with Crippen LogP contribution in [-0.4, -0.2) is 61.8 Å². The maximum absolute atomic E-state index is 5.44. The Morgan fingerprint density at radius 1 is 1.07 bits per heavy atom. The number of rotatable bonds is 8. The normalized spacial score (nSPS) is 19.4. The van der Waals surface area contributed by atoms with Crippen molar-refractivity contribution in [3.8, 4) is 11.5 Å². The number of nitrogens with zero attached hydrogens (tertiary/aromatic N) is 4. The van der Waals surface area contributed by atoms with Gasteiger partial charge in [0.25, 0.3) is 0 Å². The van der Waals surface area contributed by atoms with Gasteiger partial charge in [0.2, 0.25) is 0 Å². The van der Waals surface area contributed by atoms with Crippen molar-refractivity contribution in [2.24, 2.45) is 0 Å². The molecule has 2 aromatic rings. The average molecular weight is 397 g/mol. The summed E-state index contributed by atoms with van der Waals surface area (Å²) in [7, 11) is 5.60. The second-order valence-corrected chi connectivity index (χ2v) is 8.24. The lowest BCUT2D eigenvalue weighted by Crippen LogP contribution is -2.47. The van der Waals surface area contributed by atoms with Crippen LogP contribution in [0.4, 0.5) is 5.82 Å². The molecule has 6 heteroatoms. The summed E-state index contributed by atoms with van der Waals surface area (Å²) in [6.45, 7) is 3.13. The minimum atomic E-state index is 0.545. The fourth-order valence-corrected chi connectivity index (χ4v) is 4.18. The summed E-state index contributed by atoms with van der Waals surface area (Å²) in [5, 5.41) is 0. The van der Waals surface area contributed by atoms with E-state index in [4.69, 9.17) is 9.47 Å². The van der Waals surface area contributed by atoms with Crippen molar-refractivity contribution in [2.75, 3.05) is 45.8 Å². The topological polar surface area (TPSA) is 50.7 Å². The second-order valence-electron chi connectivity index (χ2n) is 8.24. The molecule has 0 amide bonds. The highest BCUT2D eigenvalue weighted by Gasteiger charge is 2.28. The number of benzene rings is 1. The Labute approximate surface area is 173 Å². The molecule has 2 heterocycles. The number of ether oxygens (including phenoxy) is 2. The molecule has 29 heavy (non-hydrogen) atoms. The fraction of sp³-hybridized carbons (Fsp3) is 0.565. The number of aromatic nitrogens is 2. The Bertz CT molecular complexity index is 824. The van der Waals surface area contributed by atoms with Gasteiger partial charge in [0.05, 0.1) is 14.2 Å². The third-order valence-electron chi connectivity index (χ3n) is 6.21. The minimum absolute atomic E-state index is 0.545. The molecule has 1 aromatic carbocycles. The first kappa shape index (κ1) is 20.0. The van der Waals surface area contributed by atoms with Gasteiger partial charge in [0.1, 0.15) is 12.1 Å². The van der Waals surface area contributed by atoms with Gasteiger partial charge >= 0.3 is 0 Å². The van der Waals surface area contributed by atoms with E-state index >= 15 is 0 Å². The summed E-state index contributed by atoms with van der Waals surface area (Å²) in [4.78, 5) is 14.0. The summed E-state index contributed by atoms with van der Waals surface area (Å²) in [6.07, 6.45) is 7.73. The molecule has 156 valence electrons. The molecule has 1 saturated heterocycles. The maximum Gasteiger partial charge on any atom is 0.160 e. The van der Waals surface area contributed by atoms with Gasteiger partial charge in [-0.3, -0.25) is 0 Å². The average Bonchev–Trinajstić information content (AvgIpc) is 3.63. The van der Waals surface area contributed by atoms with E-state index in [1.54, 1.807) is 20.5 Å². The Morgan fingerprint density at radius 3 is 2.66 bits per heavy atom. The summed E-state index contributed by atoms with van der Waals surface area (Å²) in [6, 6.07) is 8.96. The van der Waals surface area contributed by atoms with Crippen LogP contribution in [-0.2, 0) is 6.42 Å². The largest absolute Gasteiger partial charge is 0.493 e. The molecular formula is C23H32N4O2. The molecule has 1 aliphatic carbocycles. The highest BCUT2D eigenvalue weighted by atomic mass is 16.5. The van der Waals surface area contributed by atoms with Gasteiger partial charge in [-0.15, -0.1) is 0 Å². The van der Waals surface area contributed by atoms with Crippen molar-refractivity contribution < 1.29 is 9.47 Å². The zero-order valence-corrected chi connectivity index (χ0v) is 17.8. The molecule has 0 radical (unpaired) electrons. The number of anilines is 1. The maximum atomic E-state index is 5.44. The Morgan fingerprint density at radius 2 is 1.90 bits per heavy atom. The smallest absolute Gasteiger partial charge is 0.160 e. The van der Waals surface area contributed by atoms with Crippen LogP contribution in [0.3, 0.4) is 0 Å². The van der Waals surface area contributed by atoms with Crippen LogP contribution in [0.25, 0.3) is 0 Å². The fourth-order valence-electron chi connectivity index (χ4n) is 4.18. The number of hydrogen-bond donors (Lipinski definition) is 0. The van der Waals surface area contributed by atoms with Gasteiger partial charge in [-0.2, -0.15) is 0 Å². The van der Waals surface area contributed by atoms with Crippen molar-refractivity contribution in [3.63, 3.8) is 0 Å². The minimum Gasteiger partial charge on any atom is -0.493 e. The van der Waals surface area contributed by atoms with Gasteiger partial charge in [-0.05, 0) is 56.8 Å². The lowest BCUT2D eigenvalue weighted by atomic mass is 10.0. The van der Waals surface area contributed by atoms with E-state index in [-0.39, 0.29) is 0 Å². The molecule has 1 atom stereocenters. The standard InChI is InChI=1S/C23H32N4O2/c1-26(12-10-17-6-9-21(28-2)22(13-17)29-3)19-5-4-11-27(15-19)23-14-20(18-7-8-18)24-16-25-23/h6,9,13-14,16,18-19H,4-5,7-8,10-12,15H2,1-3H3/t19-/m0/s1. The molecule has 6 nitrogen and oxygen atoms in total. The van der Waals surface area contributed by atoms with Gasteiger partial charge in [0.15, 0.2) is 11.5 Å². The molecule has 2 fully saturated rings. The highest BCUT2D eigenvalue weighted by Crippen LogP contribution is 2.39. The van der Waals surface area contributed by atoms with Gasteiger partial charge < -0.3 is 19.3 Å². The SMILES string of the molecule is COc1ccc(CCN(C)[C@H]2CCCN(c3cc(C4CC4)ncn3)C2)cc1OC. The zero-order chi connectivity index (χ0) is 20.2. The first-order chi connectivity index (χ1) is 14.2. The van der Waals surface area contributed by atoms with Gasteiger partial charge in [-0.25, -0.2) is 9.97 Å². The van der Waals surface area contributed by atoms with Gasteiger partial charge in [0, 0.05) is 43.4 Å². The molecular weight excluding hydrogens is 364 g/mol. The first-order valence-electron chi connectivity index (χ1n) is 10.7. The van der Waals surface area contributed by atoms with E-state index in [1.165, 1.54) is 36.9 Å². The second kappa shape index (κ2) is 8.99. The third-order valence-corrected chi connectivity index (χ3v) is 6.21. The van der Waals surface area contributed by atoms with E-state index < -0.39 is 0 Å². The molecule has 0 spiro atoms. The quantitative estimate of drug-likeness (QED) is 0.681. The number of hydrogen-bond acceptors (Lipinski definition) is 6. The van der Waals surface area contributed by atoms with E-state index in [0.29, 0.717) is 12.0 Å². The molecule has 0 unspecified atom stereocenters. The first-order valence-corrected chi connectivity index (χ1v) is 10.7. The molecule has 4 rings (SSSR count). The van der Waals surface area contributed by atoms with Crippen LogP contribution >= 0.6 is 0 Å². The van der Waals surface area contributed by atoms with Gasteiger partial charge in [-0.1, -0.05) is 6.07 Å². The lowest BCUT2D eigenvalue weighted by Gasteiger charge is -2.38. The van der Waals surface area contributed by atoms with Crippen LogP contribution in [0.5, 0.6) is 11.5 Å². The molecule has 1 aliphatic heterocycles. The van der Waals surface area contributed by atoms with Crippen molar-refractivity contribution in [2.45, 2.75) is 44.1 Å².